The van der Waals surface area contributed by atoms with Gasteiger partial charge < -0.3 is 10.2 Å². The summed E-state index contributed by atoms with van der Waals surface area (Å²) in [6.07, 6.45) is 1.52. The first-order chi connectivity index (χ1) is 8.24. The molecule has 2 N–H and O–H groups in total. The van der Waals surface area contributed by atoms with Gasteiger partial charge >= 0.3 is 0 Å². The maximum absolute atomic E-state index is 5.86. The Morgan fingerprint density at radius 3 is 2.88 bits per heavy atom. The number of nitrogens with two attached hydrogens (primary N) is 1. The fraction of sp³-hybridized carbons (Fsp3) is 0. The molecule has 0 radical (unpaired) electrons. The third-order valence-electron chi connectivity index (χ3n) is 2.41. The molecule has 0 spiro atoms. The van der Waals surface area contributed by atoms with Gasteiger partial charge in [-0.2, -0.15) is 0 Å². The van der Waals surface area contributed by atoms with E-state index in [4.69, 9.17) is 21.8 Å². The van der Waals surface area contributed by atoms with Gasteiger partial charge in [0, 0.05) is 11.9 Å². The van der Waals surface area contributed by atoms with Gasteiger partial charge in [0.15, 0.2) is 0 Å². The van der Waals surface area contributed by atoms with Crippen molar-refractivity contribution in [3.63, 3.8) is 0 Å². The zero-order chi connectivity index (χ0) is 11.8. The molecule has 0 aliphatic carbocycles. The second-order valence-electron chi connectivity index (χ2n) is 3.58. The summed E-state index contributed by atoms with van der Waals surface area (Å²) in [7, 11) is 0. The van der Waals surface area contributed by atoms with Crippen LogP contribution in [0.2, 0.25) is 5.02 Å². The van der Waals surface area contributed by atoms with Crippen LogP contribution in [0.25, 0.3) is 22.7 Å². The molecule has 1 aromatic carbocycles. The normalized spacial score (nSPS) is 10.9. The van der Waals surface area contributed by atoms with E-state index >= 15 is 0 Å². The molecule has 0 unspecified atom stereocenters. The van der Waals surface area contributed by atoms with Gasteiger partial charge in [-0.05, 0) is 18.2 Å². The predicted octanol–water partition coefficient (Wildman–Crippen LogP) is 3.13. The molecule has 2 aromatic heterocycles. The minimum Gasteiger partial charge on any atom is -0.418 e. The Kier molecular flexibility index (Phi) is 2.23. The summed E-state index contributed by atoms with van der Waals surface area (Å²) in [6, 6.07) is 9.08. The fourth-order valence-electron chi connectivity index (χ4n) is 1.61. The molecule has 17 heavy (non-hydrogen) atoms. The van der Waals surface area contributed by atoms with E-state index in [1.165, 1.54) is 6.20 Å². The quantitative estimate of drug-likeness (QED) is 0.669. The van der Waals surface area contributed by atoms with Crippen molar-refractivity contribution in [1.82, 2.24) is 9.97 Å². The van der Waals surface area contributed by atoms with E-state index in [1.807, 2.05) is 18.2 Å². The van der Waals surface area contributed by atoms with Crippen molar-refractivity contribution in [2.24, 2.45) is 0 Å². The van der Waals surface area contributed by atoms with Crippen LogP contribution in [0.5, 0.6) is 0 Å². The number of nitrogens with zero attached hydrogens (tertiary/aromatic N) is 2. The molecule has 0 amide bonds. The number of halogens is 1. The molecular formula is C12H8ClN3O. The second-order valence-corrected chi connectivity index (χ2v) is 4.02. The number of hydrogen-bond donors (Lipinski definition) is 1. The Labute approximate surface area is 102 Å². The number of nitrogen functional groups attached to an aromatic ring is 1. The molecule has 3 aromatic rings. The van der Waals surface area contributed by atoms with Crippen LogP contribution in [0.3, 0.4) is 0 Å². The third-order valence-corrected chi connectivity index (χ3v) is 2.61. The Morgan fingerprint density at radius 2 is 2.06 bits per heavy atom. The molecule has 4 nitrogen and oxygen atoms in total. The van der Waals surface area contributed by atoms with Crippen molar-refractivity contribution in [2.75, 3.05) is 5.73 Å². The number of fused-ring (bicyclic) bond motifs is 1. The highest BCUT2D eigenvalue weighted by Gasteiger charge is 2.11. The van der Waals surface area contributed by atoms with E-state index in [2.05, 4.69) is 9.97 Å². The van der Waals surface area contributed by atoms with E-state index in [0.29, 0.717) is 27.8 Å². The van der Waals surface area contributed by atoms with Gasteiger partial charge in [-0.3, -0.25) is 0 Å². The number of benzene rings is 1. The van der Waals surface area contributed by atoms with Crippen LogP contribution < -0.4 is 5.73 Å². The van der Waals surface area contributed by atoms with Crippen LogP contribution >= 0.6 is 11.6 Å². The lowest BCUT2D eigenvalue weighted by Gasteiger charge is -1.98. The van der Waals surface area contributed by atoms with Gasteiger partial charge in [-0.1, -0.05) is 23.7 Å². The van der Waals surface area contributed by atoms with E-state index in [0.717, 1.165) is 5.56 Å². The lowest BCUT2D eigenvalue weighted by atomic mass is 10.2. The lowest BCUT2D eigenvalue weighted by Crippen LogP contribution is -1.88. The Bertz CT molecular complexity index is 693. The van der Waals surface area contributed by atoms with Crippen LogP contribution in [0, 0.1) is 0 Å². The van der Waals surface area contributed by atoms with Crippen LogP contribution in [-0.4, -0.2) is 9.97 Å². The summed E-state index contributed by atoms with van der Waals surface area (Å²) in [5.41, 5.74) is 8.30. The molecule has 0 saturated heterocycles. The van der Waals surface area contributed by atoms with E-state index < -0.39 is 0 Å². The molecule has 0 atom stereocenters. The van der Waals surface area contributed by atoms with Gasteiger partial charge in [0.1, 0.15) is 5.52 Å². The van der Waals surface area contributed by atoms with E-state index in [1.54, 1.807) is 12.1 Å². The summed E-state index contributed by atoms with van der Waals surface area (Å²) in [5.74, 6) is 0.452. The zero-order valence-corrected chi connectivity index (χ0v) is 9.48. The first-order valence-corrected chi connectivity index (χ1v) is 5.39. The molecule has 2 heterocycles. The molecule has 3 rings (SSSR count). The summed E-state index contributed by atoms with van der Waals surface area (Å²) >= 11 is 5.84. The number of rotatable bonds is 1. The van der Waals surface area contributed by atoms with Crippen molar-refractivity contribution < 1.29 is 4.42 Å². The van der Waals surface area contributed by atoms with Crippen LogP contribution in [0.4, 0.5) is 5.69 Å². The summed E-state index contributed by atoms with van der Waals surface area (Å²) in [6.45, 7) is 0. The maximum Gasteiger partial charge on any atom is 0.247 e. The molecule has 5 heteroatoms. The van der Waals surface area contributed by atoms with Gasteiger partial charge in [0.2, 0.25) is 11.6 Å². The number of hydrogen-bond acceptors (Lipinski definition) is 4. The molecule has 84 valence electrons. The number of aromatic nitrogens is 2. The monoisotopic (exact) mass is 245 g/mol. The SMILES string of the molecule is Nc1ccccc1-c1nc2cc(Cl)cnc2o1. The van der Waals surface area contributed by atoms with Gasteiger partial charge in [-0.15, -0.1) is 0 Å². The number of oxazole rings is 1. The van der Waals surface area contributed by atoms with Gasteiger partial charge in [-0.25, -0.2) is 9.97 Å². The Morgan fingerprint density at radius 1 is 1.24 bits per heavy atom. The largest absolute Gasteiger partial charge is 0.418 e. The minimum atomic E-state index is 0.452. The van der Waals surface area contributed by atoms with Crippen LogP contribution in [-0.2, 0) is 0 Å². The summed E-state index contributed by atoms with van der Waals surface area (Å²) in [4.78, 5) is 8.37. The smallest absolute Gasteiger partial charge is 0.247 e. The zero-order valence-electron chi connectivity index (χ0n) is 8.72. The highest BCUT2D eigenvalue weighted by molar-refractivity contribution is 6.30. The maximum atomic E-state index is 5.86. The first kappa shape index (κ1) is 10.1. The van der Waals surface area contributed by atoms with E-state index in [9.17, 15) is 0 Å². The summed E-state index contributed by atoms with van der Waals surface area (Å²) in [5, 5.41) is 0.526. The first-order valence-electron chi connectivity index (χ1n) is 5.01. The number of anilines is 1. The molecule has 0 aliphatic heterocycles. The molecule has 0 fully saturated rings. The Balaban J connectivity index is 2.22. The number of pyridine rings is 1. The van der Waals surface area contributed by atoms with Gasteiger partial charge in [0.25, 0.3) is 0 Å². The molecule has 0 aliphatic rings. The standard InChI is InChI=1S/C12H8ClN3O/c13-7-5-10-12(15-6-7)17-11(16-10)8-3-1-2-4-9(8)14/h1-6H,14H2. The van der Waals surface area contributed by atoms with Crippen molar-refractivity contribution in [3.8, 4) is 11.5 Å². The average Bonchev–Trinajstić information content (AvgIpc) is 2.72. The van der Waals surface area contributed by atoms with Crippen molar-refractivity contribution >= 4 is 28.5 Å². The fourth-order valence-corrected chi connectivity index (χ4v) is 1.76. The molecular weight excluding hydrogens is 238 g/mol. The molecule has 0 bridgehead atoms. The third kappa shape index (κ3) is 1.72. The van der Waals surface area contributed by atoms with Crippen LogP contribution in [0.15, 0.2) is 40.9 Å². The van der Waals surface area contributed by atoms with E-state index in [-0.39, 0.29) is 0 Å². The second kappa shape index (κ2) is 3.75. The average molecular weight is 246 g/mol. The highest BCUT2D eigenvalue weighted by Crippen LogP contribution is 2.28. The van der Waals surface area contributed by atoms with Crippen molar-refractivity contribution in [3.05, 3.63) is 41.6 Å². The Hall–Kier alpha value is -2.07. The predicted molar refractivity (Wildman–Crippen MR) is 66.7 cm³/mol. The number of para-hydroxylation sites is 1. The summed E-state index contributed by atoms with van der Waals surface area (Å²) < 4.78 is 5.53. The van der Waals surface area contributed by atoms with Crippen molar-refractivity contribution in [1.29, 1.82) is 0 Å². The lowest BCUT2D eigenvalue weighted by molar-refractivity contribution is 0.608. The minimum absolute atomic E-state index is 0.452. The van der Waals surface area contributed by atoms with Crippen LogP contribution in [0.1, 0.15) is 0 Å². The molecule has 0 saturated carbocycles. The van der Waals surface area contributed by atoms with Crippen molar-refractivity contribution in [2.45, 2.75) is 0 Å². The topological polar surface area (TPSA) is 64.9 Å². The van der Waals surface area contributed by atoms with Gasteiger partial charge in [0.05, 0.1) is 10.6 Å². The highest BCUT2D eigenvalue weighted by atomic mass is 35.5.